The van der Waals surface area contributed by atoms with Gasteiger partial charge < -0.3 is 0 Å². The molecule has 0 bridgehead atoms. The molecule has 0 saturated heterocycles. The fourth-order valence-corrected chi connectivity index (χ4v) is 16.1. The Morgan fingerprint density at radius 1 is 0.257 bits per heavy atom. The summed E-state index contributed by atoms with van der Waals surface area (Å²) >= 11 is -9.97. The van der Waals surface area contributed by atoms with E-state index in [1.54, 1.807) is 0 Å². The van der Waals surface area contributed by atoms with Gasteiger partial charge in [-0.05, 0) is 0 Å². The minimum absolute atomic E-state index is 0.0215. The van der Waals surface area contributed by atoms with Gasteiger partial charge in [-0.2, -0.15) is 0 Å². The van der Waals surface area contributed by atoms with Crippen LogP contribution >= 0.6 is 0 Å². The molecular weight excluding hydrogens is 1110 g/mol. The molecule has 3 aliphatic carbocycles. The molecule has 0 radical (unpaired) electrons. The zero-order chi connectivity index (χ0) is 53.9. The summed E-state index contributed by atoms with van der Waals surface area (Å²) in [7, 11) is 0. The van der Waals surface area contributed by atoms with E-state index in [1.165, 1.54) is 0 Å². The zero-order valence-corrected chi connectivity index (χ0v) is 35.1. The average molecular weight is 1130 g/mol. The van der Waals surface area contributed by atoms with Crippen molar-refractivity contribution in [3.63, 3.8) is 0 Å². The van der Waals surface area contributed by atoms with E-state index in [9.17, 15) is 26.3 Å². The number of alkyl halides is 30. The number of halogens is 30. The summed E-state index contributed by atoms with van der Waals surface area (Å²) in [6, 6.07) is -2.29. The number of rotatable bonds is 9. The predicted molar refractivity (Wildman–Crippen MR) is 178 cm³/mol. The molecule has 70 heavy (non-hydrogen) atoms. The van der Waals surface area contributed by atoms with E-state index in [-0.39, 0.29) is 36.4 Å². The molecule has 390 valence electrons. The van der Waals surface area contributed by atoms with Gasteiger partial charge in [-0.3, -0.25) is 0 Å². The van der Waals surface area contributed by atoms with E-state index in [0.29, 0.717) is 18.2 Å². The van der Waals surface area contributed by atoms with E-state index >= 15 is 105 Å². The van der Waals surface area contributed by atoms with Crippen LogP contribution in [-0.4, -0.2) is 124 Å². The fraction of sp³-hybridized carbons (Fsp3) is 0.500. The van der Waals surface area contributed by atoms with Crippen LogP contribution in [0.5, 0.6) is 0 Å². The second-order valence-electron chi connectivity index (χ2n) is 15.6. The van der Waals surface area contributed by atoms with E-state index in [4.69, 9.17) is 0 Å². The van der Waals surface area contributed by atoms with Crippen LogP contribution in [0, 0.1) is 0 Å². The average Bonchev–Trinajstić information content (AvgIpc) is 3.27. The van der Waals surface area contributed by atoms with Gasteiger partial charge >= 0.3 is 374 Å². The number of para-hydroxylation sites is 3. The molecule has 6 unspecified atom stereocenters. The molecule has 3 saturated carbocycles. The first-order valence-electron chi connectivity index (χ1n) is 18.3. The van der Waals surface area contributed by atoms with Crippen molar-refractivity contribution in [2.75, 3.05) is 10.8 Å². The van der Waals surface area contributed by atoms with E-state index < -0.39 is 188 Å². The first-order valence-corrected chi connectivity index (χ1v) is 21.6. The first-order chi connectivity index (χ1) is 31.3. The van der Waals surface area contributed by atoms with Crippen molar-refractivity contribution in [1.82, 2.24) is 0 Å². The summed E-state index contributed by atoms with van der Waals surface area (Å²) in [5, 5.41) is 0. The molecule has 3 aromatic rings. The Labute approximate surface area is 374 Å². The number of nitrogens with zero attached hydrogens (tertiary/aromatic N) is 3. The Hall–Kier alpha value is -4.40. The van der Waals surface area contributed by atoms with Crippen molar-refractivity contribution in [2.45, 2.75) is 107 Å². The normalized spacial score (nSPS) is 34.1. The van der Waals surface area contributed by atoms with Gasteiger partial charge in [0.05, 0.1) is 0 Å². The summed E-state index contributed by atoms with van der Waals surface area (Å²) in [5.41, 5.74) is -8.29. The van der Waals surface area contributed by atoms with E-state index in [2.05, 4.69) is 0 Å². The third-order valence-corrected chi connectivity index (χ3v) is 18.9. The molecule has 3 nitrogen and oxygen atoms in total. The summed E-state index contributed by atoms with van der Waals surface area (Å²) in [5.74, 6) is -123. The number of benzene rings is 3. The standard InChI is InChI=1S/3C12H6F10N.Ga/c3*13-7-8(14,15)10(17,18)12(21,22)11(19,20)9(7,16)23-6-4-2-1-3-5-6;/h3*1-5,7H;/q3*-1;+3. The molecule has 6 rings (SSSR count). The van der Waals surface area contributed by atoms with E-state index in [1.807, 2.05) is 0 Å². The molecule has 0 heterocycles. The van der Waals surface area contributed by atoms with Crippen molar-refractivity contribution in [3.05, 3.63) is 91.0 Å². The van der Waals surface area contributed by atoms with Gasteiger partial charge in [0.25, 0.3) is 0 Å². The van der Waals surface area contributed by atoms with Crippen molar-refractivity contribution < 1.29 is 132 Å². The van der Waals surface area contributed by atoms with Crippen molar-refractivity contribution in [2.24, 2.45) is 0 Å². The Morgan fingerprint density at radius 2 is 0.429 bits per heavy atom. The molecular formula is C36H18F30GaN3. The molecule has 0 amide bonds. The third-order valence-electron chi connectivity index (χ3n) is 11.8. The van der Waals surface area contributed by atoms with Crippen LogP contribution in [0.15, 0.2) is 91.0 Å². The molecule has 3 fully saturated rings. The Balaban J connectivity index is 2.02. The van der Waals surface area contributed by atoms with Gasteiger partial charge in [0, 0.05) is 0 Å². The Kier molecular flexibility index (Phi) is 12.0. The van der Waals surface area contributed by atoms with E-state index in [0.717, 1.165) is 0 Å². The predicted octanol–water partition coefficient (Wildman–Crippen LogP) is 13.2. The molecule has 6 atom stereocenters. The van der Waals surface area contributed by atoms with Gasteiger partial charge in [-0.25, -0.2) is 0 Å². The fourth-order valence-electron chi connectivity index (χ4n) is 7.96. The summed E-state index contributed by atoms with van der Waals surface area (Å²) in [4.78, 5) is 0. The first kappa shape index (κ1) is 54.9. The van der Waals surface area contributed by atoms with Crippen molar-refractivity contribution in [1.29, 1.82) is 0 Å². The number of hydrogen-bond donors (Lipinski definition) is 0. The second kappa shape index (κ2) is 15.3. The maximum atomic E-state index is 18.1. The van der Waals surface area contributed by atoms with Crippen molar-refractivity contribution in [3.8, 4) is 0 Å². The second-order valence-corrected chi connectivity index (χ2v) is 20.3. The quantitative estimate of drug-likeness (QED) is 0.120. The van der Waals surface area contributed by atoms with Gasteiger partial charge in [0.15, 0.2) is 0 Å². The Bertz CT molecular complexity index is 2160. The molecule has 0 spiro atoms. The summed E-state index contributed by atoms with van der Waals surface area (Å²) in [6.45, 7) is 0. The molecule has 3 aromatic carbocycles. The van der Waals surface area contributed by atoms with Crippen LogP contribution in [0.2, 0.25) is 0 Å². The van der Waals surface area contributed by atoms with Crippen LogP contribution in [0.1, 0.15) is 0 Å². The Morgan fingerprint density at radius 3 is 0.600 bits per heavy atom. The van der Waals surface area contributed by atoms with Crippen LogP contribution < -0.4 is 10.8 Å². The SMILES string of the molecule is FC1C(F)(F)C(F)(F)C(F)(F)C(F)(F)C1(F)[N](c1ccccc1)[Ga]([N](c1ccccc1)C1(F)C(F)C(F)(F)C(F)(F)C(F)(F)C1(F)F)[N](c1ccccc1)C1(F)C(F)C(F)(F)C(F)(F)C(F)(F)C1(F)F. The van der Waals surface area contributed by atoms with Gasteiger partial charge in [-0.1, -0.05) is 0 Å². The minimum atomic E-state index is -9.97. The molecule has 0 aromatic heterocycles. The van der Waals surface area contributed by atoms with Gasteiger partial charge in [0.2, 0.25) is 0 Å². The van der Waals surface area contributed by atoms with Crippen LogP contribution in [-0.2, 0) is 0 Å². The molecule has 0 aliphatic heterocycles. The maximum absolute atomic E-state index is 18.1. The van der Waals surface area contributed by atoms with Gasteiger partial charge in [-0.15, -0.1) is 0 Å². The number of hydrogen-bond acceptors (Lipinski definition) is 3. The number of anilines is 3. The molecule has 0 N–H and O–H groups in total. The van der Waals surface area contributed by atoms with Crippen LogP contribution in [0.3, 0.4) is 0 Å². The van der Waals surface area contributed by atoms with Gasteiger partial charge in [0.1, 0.15) is 0 Å². The summed E-state index contributed by atoms with van der Waals surface area (Å²) in [6.07, 6.45) is -20.5. The zero-order valence-electron chi connectivity index (χ0n) is 32.7. The molecule has 34 heteroatoms. The topological polar surface area (TPSA) is 9.72 Å². The third kappa shape index (κ3) is 5.90. The summed E-state index contributed by atoms with van der Waals surface area (Å²) < 4.78 is 468. The monoisotopic (exact) mass is 1130 g/mol. The van der Waals surface area contributed by atoms with Crippen molar-refractivity contribution >= 4 is 34.0 Å². The van der Waals surface area contributed by atoms with Crippen LogP contribution in [0.4, 0.5) is 149 Å². The molecule has 3 aliphatic rings. The van der Waals surface area contributed by atoms with Crippen LogP contribution in [0.25, 0.3) is 0 Å².